The molecule has 1 aliphatic rings. The second-order valence-electron chi connectivity index (χ2n) is 6.39. The molecule has 1 aromatic heterocycles. The van der Waals surface area contributed by atoms with Gasteiger partial charge in [0.1, 0.15) is 5.82 Å². The summed E-state index contributed by atoms with van der Waals surface area (Å²) in [4.78, 5) is 19.9. The molecule has 1 aliphatic heterocycles. The monoisotopic (exact) mass is 342 g/mol. The third kappa shape index (κ3) is 3.09. The van der Waals surface area contributed by atoms with E-state index in [-0.39, 0.29) is 5.91 Å². The van der Waals surface area contributed by atoms with Crippen molar-refractivity contribution in [2.75, 3.05) is 23.3 Å². The molecule has 5 nitrogen and oxygen atoms in total. The first-order valence-electron chi connectivity index (χ1n) is 8.71. The Labute approximate surface area is 151 Å². The molecule has 5 heteroatoms. The van der Waals surface area contributed by atoms with Crippen LogP contribution in [-0.2, 0) is 0 Å². The maximum atomic E-state index is 12.9. The second-order valence-corrected chi connectivity index (χ2v) is 6.39. The lowest BCUT2D eigenvalue weighted by molar-refractivity contribution is 0.102. The van der Waals surface area contributed by atoms with Crippen molar-refractivity contribution in [2.24, 2.45) is 0 Å². The van der Waals surface area contributed by atoms with Gasteiger partial charge in [0.25, 0.3) is 5.91 Å². The standard InChI is InChI=1S/C21H18N4O/c22-14-15-7-9-17(10-8-15)23-21(26)18-13-16-5-1-2-6-19(16)24-20(18)25-11-3-4-12-25/h1-2,5-10,13H,3-4,11-12H2,(H,23,26). The number of nitriles is 1. The largest absolute Gasteiger partial charge is 0.356 e. The summed E-state index contributed by atoms with van der Waals surface area (Å²) in [5, 5.41) is 12.8. The van der Waals surface area contributed by atoms with Crippen LogP contribution in [0.5, 0.6) is 0 Å². The highest BCUT2D eigenvalue weighted by Gasteiger charge is 2.22. The minimum atomic E-state index is -0.185. The molecule has 1 saturated heterocycles. The SMILES string of the molecule is N#Cc1ccc(NC(=O)c2cc3ccccc3nc2N2CCCC2)cc1. The normalized spacial score (nSPS) is 13.6. The topological polar surface area (TPSA) is 69.0 Å². The van der Waals surface area contributed by atoms with Crippen LogP contribution in [0, 0.1) is 11.3 Å². The summed E-state index contributed by atoms with van der Waals surface area (Å²) in [5.74, 6) is 0.558. The van der Waals surface area contributed by atoms with Gasteiger partial charge in [-0.3, -0.25) is 4.79 Å². The molecule has 0 bridgehead atoms. The van der Waals surface area contributed by atoms with Crippen LogP contribution in [0.25, 0.3) is 10.9 Å². The van der Waals surface area contributed by atoms with Crippen LogP contribution < -0.4 is 10.2 Å². The van der Waals surface area contributed by atoms with Crippen molar-refractivity contribution in [3.63, 3.8) is 0 Å². The van der Waals surface area contributed by atoms with Crippen LogP contribution in [0.4, 0.5) is 11.5 Å². The van der Waals surface area contributed by atoms with Gasteiger partial charge in [-0.1, -0.05) is 18.2 Å². The highest BCUT2D eigenvalue weighted by atomic mass is 16.1. The number of para-hydroxylation sites is 1. The van der Waals surface area contributed by atoms with E-state index < -0.39 is 0 Å². The second kappa shape index (κ2) is 6.85. The number of carbonyl (C=O) groups is 1. The Morgan fingerprint density at radius 2 is 1.81 bits per heavy atom. The highest BCUT2D eigenvalue weighted by Crippen LogP contribution is 2.27. The van der Waals surface area contributed by atoms with E-state index in [1.54, 1.807) is 24.3 Å². The number of carbonyl (C=O) groups excluding carboxylic acids is 1. The summed E-state index contributed by atoms with van der Waals surface area (Å²) in [6, 6.07) is 18.7. The first-order valence-corrected chi connectivity index (χ1v) is 8.71. The zero-order valence-corrected chi connectivity index (χ0v) is 14.3. The summed E-state index contributed by atoms with van der Waals surface area (Å²) in [6.07, 6.45) is 2.23. The Hall–Kier alpha value is -3.39. The van der Waals surface area contributed by atoms with Crippen LogP contribution in [0.2, 0.25) is 0 Å². The molecule has 0 aliphatic carbocycles. The van der Waals surface area contributed by atoms with Crippen LogP contribution in [0.15, 0.2) is 54.6 Å². The number of amides is 1. The fourth-order valence-electron chi connectivity index (χ4n) is 3.27. The molecule has 4 rings (SSSR count). The van der Waals surface area contributed by atoms with E-state index in [9.17, 15) is 4.79 Å². The summed E-state index contributed by atoms with van der Waals surface area (Å²) in [7, 11) is 0. The minimum Gasteiger partial charge on any atom is -0.356 e. The van der Waals surface area contributed by atoms with Crippen molar-refractivity contribution in [2.45, 2.75) is 12.8 Å². The number of rotatable bonds is 3. The molecular formula is C21H18N4O. The number of nitrogens with one attached hydrogen (secondary N) is 1. The van der Waals surface area contributed by atoms with Crippen LogP contribution in [-0.4, -0.2) is 24.0 Å². The van der Waals surface area contributed by atoms with Gasteiger partial charge in [0, 0.05) is 24.2 Å². The maximum Gasteiger partial charge on any atom is 0.259 e. The molecule has 2 heterocycles. The zero-order valence-electron chi connectivity index (χ0n) is 14.3. The lowest BCUT2D eigenvalue weighted by atomic mass is 10.1. The first kappa shape index (κ1) is 16.1. The predicted octanol–water partition coefficient (Wildman–Crippen LogP) is 3.96. The number of hydrogen-bond acceptors (Lipinski definition) is 4. The summed E-state index contributed by atoms with van der Waals surface area (Å²) >= 11 is 0. The molecule has 26 heavy (non-hydrogen) atoms. The lowest BCUT2D eigenvalue weighted by Gasteiger charge is -2.20. The Morgan fingerprint density at radius 1 is 1.08 bits per heavy atom. The number of pyridine rings is 1. The summed E-state index contributed by atoms with van der Waals surface area (Å²) in [5.41, 5.74) is 2.70. The Morgan fingerprint density at radius 3 is 2.54 bits per heavy atom. The number of hydrogen-bond donors (Lipinski definition) is 1. The van der Waals surface area contributed by atoms with E-state index in [2.05, 4.69) is 16.3 Å². The number of benzene rings is 2. The Bertz CT molecular complexity index is 999. The van der Waals surface area contributed by atoms with Crippen LogP contribution in [0.1, 0.15) is 28.8 Å². The molecule has 0 unspecified atom stereocenters. The number of aromatic nitrogens is 1. The molecule has 0 spiro atoms. The van der Waals surface area contributed by atoms with Crippen molar-refractivity contribution in [3.05, 3.63) is 65.7 Å². The average Bonchev–Trinajstić information content (AvgIpc) is 3.22. The van der Waals surface area contributed by atoms with Gasteiger partial charge in [-0.15, -0.1) is 0 Å². The van der Waals surface area contributed by atoms with Crippen LogP contribution in [0.3, 0.4) is 0 Å². The van der Waals surface area contributed by atoms with Gasteiger partial charge in [-0.25, -0.2) is 4.98 Å². The van der Waals surface area contributed by atoms with Gasteiger partial charge in [-0.2, -0.15) is 5.26 Å². The molecule has 1 fully saturated rings. The third-order valence-corrected chi connectivity index (χ3v) is 4.63. The van der Waals surface area contributed by atoms with Gasteiger partial charge in [-0.05, 0) is 49.2 Å². The maximum absolute atomic E-state index is 12.9. The van der Waals surface area contributed by atoms with Crippen LogP contribution >= 0.6 is 0 Å². The molecule has 0 atom stereocenters. The minimum absolute atomic E-state index is 0.185. The molecule has 128 valence electrons. The van der Waals surface area contributed by atoms with Crippen molar-refractivity contribution in [1.82, 2.24) is 4.98 Å². The number of fused-ring (bicyclic) bond motifs is 1. The first-order chi connectivity index (χ1) is 12.7. The molecule has 2 aromatic carbocycles. The molecular weight excluding hydrogens is 324 g/mol. The van der Waals surface area contributed by atoms with Gasteiger partial charge in [0.15, 0.2) is 0 Å². The van der Waals surface area contributed by atoms with E-state index in [4.69, 9.17) is 10.2 Å². The fraction of sp³-hybridized carbons (Fsp3) is 0.190. The fourth-order valence-corrected chi connectivity index (χ4v) is 3.27. The highest BCUT2D eigenvalue weighted by molar-refractivity contribution is 6.09. The zero-order chi connectivity index (χ0) is 17.9. The molecule has 1 amide bonds. The van der Waals surface area contributed by atoms with E-state index >= 15 is 0 Å². The van der Waals surface area contributed by atoms with Crippen molar-refractivity contribution in [1.29, 1.82) is 5.26 Å². The molecule has 0 radical (unpaired) electrons. The summed E-state index contributed by atoms with van der Waals surface area (Å²) < 4.78 is 0. The molecule has 3 aromatic rings. The van der Waals surface area contributed by atoms with E-state index in [0.29, 0.717) is 16.8 Å². The Kier molecular flexibility index (Phi) is 4.24. The number of anilines is 2. The quantitative estimate of drug-likeness (QED) is 0.782. The van der Waals surface area contributed by atoms with E-state index in [1.807, 2.05) is 30.3 Å². The van der Waals surface area contributed by atoms with Gasteiger partial charge < -0.3 is 10.2 Å². The van der Waals surface area contributed by atoms with E-state index in [0.717, 1.165) is 42.7 Å². The van der Waals surface area contributed by atoms with Crippen molar-refractivity contribution < 1.29 is 4.79 Å². The summed E-state index contributed by atoms with van der Waals surface area (Å²) in [6.45, 7) is 1.84. The molecule has 0 saturated carbocycles. The molecule has 1 N–H and O–H groups in total. The average molecular weight is 342 g/mol. The van der Waals surface area contributed by atoms with Crippen molar-refractivity contribution >= 4 is 28.3 Å². The number of nitrogens with zero attached hydrogens (tertiary/aromatic N) is 3. The van der Waals surface area contributed by atoms with E-state index in [1.165, 1.54) is 0 Å². The smallest absolute Gasteiger partial charge is 0.259 e. The van der Waals surface area contributed by atoms with Gasteiger partial charge >= 0.3 is 0 Å². The third-order valence-electron chi connectivity index (χ3n) is 4.63. The van der Waals surface area contributed by atoms with Crippen molar-refractivity contribution in [3.8, 4) is 6.07 Å². The Balaban J connectivity index is 1.71. The van der Waals surface area contributed by atoms with Gasteiger partial charge in [0.05, 0.1) is 22.7 Å². The lowest BCUT2D eigenvalue weighted by Crippen LogP contribution is -2.24. The van der Waals surface area contributed by atoms with Gasteiger partial charge in [0.2, 0.25) is 0 Å². The predicted molar refractivity (Wildman–Crippen MR) is 102 cm³/mol.